The lowest BCUT2D eigenvalue weighted by molar-refractivity contribution is 0.0740. The van der Waals surface area contributed by atoms with E-state index in [1.807, 2.05) is 32.0 Å². The fraction of sp³-hybridized carbons (Fsp3) is 0.400. The van der Waals surface area contributed by atoms with Crippen LogP contribution >= 0.6 is 0 Å². The van der Waals surface area contributed by atoms with E-state index < -0.39 is 0 Å². The molecule has 0 atom stereocenters. The third-order valence-corrected chi connectivity index (χ3v) is 4.45. The molecule has 2 aromatic rings. The van der Waals surface area contributed by atoms with E-state index in [0.29, 0.717) is 36.8 Å². The number of amides is 2. The van der Waals surface area contributed by atoms with Gasteiger partial charge in [0, 0.05) is 50.7 Å². The number of carbonyl (C=O) groups is 2. The number of pyridine rings is 2. The highest BCUT2D eigenvalue weighted by molar-refractivity contribution is 5.98. The number of hydrogen-bond acceptors (Lipinski definition) is 5. The lowest BCUT2D eigenvalue weighted by Crippen LogP contribution is -2.49. The molecule has 0 radical (unpaired) electrons. The summed E-state index contributed by atoms with van der Waals surface area (Å²) in [6.07, 6.45) is 3.29. The highest BCUT2D eigenvalue weighted by Gasteiger charge is 2.24. The van der Waals surface area contributed by atoms with Crippen LogP contribution in [0.4, 0.5) is 5.82 Å². The molecule has 0 aliphatic carbocycles. The van der Waals surface area contributed by atoms with Crippen molar-refractivity contribution in [3.05, 3.63) is 54.0 Å². The van der Waals surface area contributed by atoms with Crippen molar-refractivity contribution in [1.82, 2.24) is 20.2 Å². The maximum Gasteiger partial charge on any atom is 0.272 e. The summed E-state index contributed by atoms with van der Waals surface area (Å²) in [7, 11) is 0. The smallest absolute Gasteiger partial charge is 0.272 e. The summed E-state index contributed by atoms with van der Waals surface area (Å²) >= 11 is 0. The van der Waals surface area contributed by atoms with E-state index in [2.05, 4.69) is 20.2 Å². The molecule has 1 fully saturated rings. The van der Waals surface area contributed by atoms with Crippen molar-refractivity contribution in [3.8, 4) is 0 Å². The van der Waals surface area contributed by atoms with Gasteiger partial charge in [0.15, 0.2) is 0 Å². The number of nitrogens with one attached hydrogen (secondary N) is 1. The van der Waals surface area contributed by atoms with Crippen molar-refractivity contribution in [1.29, 1.82) is 0 Å². The maximum atomic E-state index is 12.8. The van der Waals surface area contributed by atoms with Crippen LogP contribution in [0.15, 0.2) is 42.7 Å². The Labute approximate surface area is 159 Å². The van der Waals surface area contributed by atoms with E-state index in [9.17, 15) is 9.59 Å². The van der Waals surface area contributed by atoms with Crippen LogP contribution in [0.3, 0.4) is 0 Å². The highest BCUT2D eigenvalue weighted by Crippen LogP contribution is 2.14. The minimum Gasteiger partial charge on any atom is -0.353 e. The zero-order valence-corrected chi connectivity index (χ0v) is 15.8. The van der Waals surface area contributed by atoms with E-state index in [0.717, 1.165) is 18.9 Å². The number of piperazine rings is 1. The first-order chi connectivity index (χ1) is 13.0. The van der Waals surface area contributed by atoms with Gasteiger partial charge in [-0.2, -0.15) is 0 Å². The third kappa shape index (κ3) is 4.81. The first-order valence-corrected chi connectivity index (χ1v) is 9.24. The zero-order valence-electron chi connectivity index (χ0n) is 15.8. The Morgan fingerprint density at radius 2 is 1.85 bits per heavy atom. The number of nitrogens with zero attached hydrogens (tertiary/aromatic N) is 4. The summed E-state index contributed by atoms with van der Waals surface area (Å²) in [5, 5.41) is 2.86. The summed E-state index contributed by atoms with van der Waals surface area (Å²) in [6.45, 7) is 7.30. The van der Waals surface area contributed by atoms with Crippen LogP contribution in [-0.2, 0) is 0 Å². The molecule has 7 nitrogen and oxygen atoms in total. The molecule has 0 aromatic carbocycles. The molecule has 1 N–H and O–H groups in total. The predicted octanol–water partition coefficient (Wildman–Crippen LogP) is 1.82. The molecule has 7 heteroatoms. The second-order valence-electron chi connectivity index (χ2n) is 7.00. The summed E-state index contributed by atoms with van der Waals surface area (Å²) in [6, 6.07) is 9.02. The Morgan fingerprint density at radius 1 is 1.07 bits per heavy atom. The van der Waals surface area contributed by atoms with Crippen LogP contribution in [0.25, 0.3) is 0 Å². The van der Waals surface area contributed by atoms with Crippen molar-refractivity contribution < 1.29 is 9.59 Å². The summed E-state index contributed by atoms with van der Waals surface area (Å²) in [5.41, 5.74) is 0.764. The molecule has 3 heterocycles. The number of rotatable bonds is 5. The fourth-order valence-corrected chi connectivity index (χ4v) is 2.93. The van der Waals surface area contributed by atoms with E-state index in [1.165, 1.54) is 6.20 Å². The minimum atomic E-state index is -0.180. The van der Waals surface area contributed by atoms with Crippen LogP contribution in [0, 0.1) is 5.92 Å². The maximum absolute atomic E-state index is 12.8. The van der Waals surface area contributed by atoms with Crippen LogP contribution in [0.1, 0.15) is 34.7 Å². The van der Waals surface area contributed by atoms with Crippen molar-refractivity contribution in [2.24, 2.45) is 5.92 Å². The normalized spacial score (nSPS) is 14.3. The summed E-state index contributed by atoms with van der Waals surface area (Å²) in [5.74, 6) is 0.966. The van der Waals surface area contributed by atoms with Crippen LogP contribution < -0.4 is 10.2 Å². The topological polar surface area (TPSA) is 78.4 Å². The number of hydrogen-bond donors (Lipinski definition) is 1. The lowest BCUT2D eigenvalue weighted by atomic mass is 10.1. The molecule has 3 rings (SSSR count). The van der Waals surface area contributed by atoms with E-state index in [4.69, 9.17) is 0 Å². The Morgan fingerprint density at radius 3 is 2.52 bits per heavy atom. The predicted molar refractivity (Wildman–Crippen MR) is 104 cm³/mol. The molecule has 0 unspecified atom stereocenters. The second kappa shape index (κ2) is 8.62. The molecule has 0 bridgehead atoms. The first kappa shape index (κ1) is 18.8. The van der Waals surface area contributed by atoms with Crippen molar-refractivity contribution in [2.75, 3.05) is 37.6 Å². The first-order valence-electron chi connectivity index (χ1n) is 9.24. The van der Waals surface area contributed by atoms with Gasteiger partial charge in [-0.1, -0.05) is 19.9 Å². The number of carbonyl (C=O) groups excluding carboxylic acids is 2. The van der Waals surface area contributed by atoms with E-state index in [-0.39, 0.29) is 11.8 Å². The van der Waals surface area contributed by atoms with Gasteiger partial charge in [-0.15, -0.1) is 0 Å². The number of anilines is 1. The Hall–Kier alpha value is -2.96. The van der Waals surface area contributed by atoms with Gasteiger partial charge >= 0.3 is 0 Å². The van der Waals surface area contributed by atoms with Crippen molar-refractivity contribution in [3.63, 3.8) is 0 Å². The minimum absolute atomic E-state index is 0.144. The SMILES string of the molecule is CC(C)CNC(=O)c1ccnc(C(=O)N2CCN(c3ccccn3)CC2)c1. The second-order valence-corrected chi connectivity index (χ2v) is 7.00. The Bertz CT molecular complexity index is 786. The average Bonchev–Trinajstić information content (AvgIpc) is 2.72. The molecular formula is C20H25N5O2. The molecule has 27 heavy (non-hydrogen) atoms. The van der Waals surface area contributed by atoms with Gasteiger partial charge in [-0.3, -0.25) is 14.6 Å². The fourth-order valence-electron chi connectivity index (χ4n) is 2.93. The Kier molecular flexibility index (Phi) is 6.01. The lowest BCUT2D eigenvalue weighted by Gasteiger charge is -2.35. The molecule has 0 saturated carbocycles. The molecule has 2 aromatic heterocycles. The van der Waals surface area contributed by atoms with Crippen LogP contribution in [-0.4, -0.2) is 59.4 Å². The van der Waals surface area contributed by atoms with Gasteiger partial charge in [-0.05, 0) is 30.2 Å². The van der Waals surface area contributed by atoms with Gasteiger partial charge in [0.25, 0.3) is 11.8 Å². The van der Waals surface area contributed by atoms with E-state index in [1.54, 1.807) is 23.2 Å². The van der Waals surface area contributed by atoms with E-state index >= 15 is 0 Å². The highest BCUT2D eigenvalue weighted by atomic mass is 16.2. The van der Waals surface area contributed by atoms with Crippen molar-refractivity contribution in [2.45, 2.75) is 13.8 Å². The van der Waals surface area contributed by atoms with Gasteiger partial charge in [-0.25, -0.2) is 4.98 Å². The number of aromatic nitrogens is 2. The summed E-state index contributed by atoms with van der Waals surface area (Å²) < 4.78 is 0. The average molecular weight is 367 g/mol. The molecular weight excluding hydrogens is 342 g/mol. The standard InChI is InChI=1S/C20H25N5O2/c1-15(2)14-23-19(26)16-6-8-21-17(13-16)20(27)25-11-9-24(10-12-25)18-5-3-4-7-22-18/h3-8,13,15H,9-12,14H2,1-2H3,(H,23,26). The van der Waals surface area contributed by atoms with Gasteiger partial charge < -0.3 is 15.1 Å². The monoisotopic (exact) mass is 367 g/mol. The van der Waals surface area contributed by atoms with Gasteiger partial charge in [0.2, 0.25) is 0 Å². The summed E-state index contributed by atoms with van der Waals surface area (Å²) in [4.78, 5) is 37.5. The van der Waals surface area contributed by atoms with Gasteiger partial charge in [0.1, 0.15) is 11.5 Å². The van der Waals surface area contributed by atoms with Crippen molar-refractivity contribution >= 4 is 17.6 Å². The molecule has 0 spiro atoms. The van der Waals surface area contributed by atoms with Crippen LogP contribution in [0.2, 0.25) is 0 Å². The molecule has 142 valence electrons. The largest absolute Gasteiger partial charge is 0.353 e. The quantitative estimate of drug-likeness (QED) is 0.872. The van der Waals surface area contributed by atoms with Gasteiger partial charge in [0.05, 0.1) is 0 Å². The zero-order chi connectivity index (χ0) is 19.2. The Balaban J connectivity index is 1.61. The van der Waals surface area contributed by atoms with Crippen LogP contribution in [0.5, 0.6) is 0 Å². The third-order valence-electron chi connectivity index (χ3n) is 4.45. The molecule has 1 aliphatic rings. The molecule has 1 saturated heterocycles. The molecule has 1 aliphatic heterocycles. The molecule has 2 amide bonds.